The topological polar surface area (TPSA) is 161 Å². The summed E-state index contributed by atoms with van der Waals surface area (Å²) in [6.45, 7) is 8.55. The lowest BCUT2D eigenvalue weighted by Gasteiger charge is -2.17. The van der Waals surface area contributed by atoms with Crippen LogP contribution in [0.25, 0.3) is 11.3 Å². The number of carbonyl (C=O) groups is 1. The number of anilines is 3. The standard InChI is InChI=1S/C25H31N9O/c1-5-17(6-2)16(4)22-14-29-34(33-22)20-9-7-8-19(11-20)31-25-21(23(28)35)10-18(13-27)24(32-25)30-15(3)12-26/h7-11,14-15H,5-6,12,26H2,1-4H3,(H2,28,35)(H2,30,31,32). The normalized spacial score (nSPS) is 11.4. The highest BCUT2D eigenvalue weighted by Gasteiger charge is 2.17. The van der Waals surface area contributed by atoms with Crippen molar-refractivity contribution in [1.29, 1.82) is 5.26 Å². The molecule has 1 unspecified atom stereocenters. The van der Waals surface area contributed by atoms with E-state index in [2.05, 4.69) is 46.6 Å². The summed E-state index contributed by atoms with van der Waals surface area (Å²) in [5.74, 6) is -0.157. The van der Waals surface area contributed by atoms with Crippen molar-refractivity contribution in [3.05, 3.63) is 58.9 Å². The van der Waals surface area contributed by atoms with E-state index in [9.17, 15) is 10.1 Å². The van der Waals surface area contributed by atoms with Gasteiger partial charge >= 0.3 is 0 Å². The molecule has 0 saturated carbocycles. The first kappa shape index (κ1) is 25.4. The van der Waals surface area contributed by atoms with Crippen LogP contribution in [0.4, 0.5) is 17.3 Å². The summed E-state index contributed by atoms with van der Waals surface area (Å²) in [7, 11) is 0. The first-order valence-electron chi connectivity index (χ1n) is 11.5. The molecule has 2 aromatic heterocycles. The van der Waals surface area contributed by atoms with Gasteiger partial charge in [0, 0.05) is 18.3 Å². The molecule has 182 valence electrons. The van der Waals surface area contributed by atoms with Crippen LogP contribution in [-0.4, -0.2) is 38.5 Å². The molecule has 0 fully saturated rings. The Hall–Kier alpha value is -4.23. The fourth-order valence-electron chi connectivity index (χ4n) is 3.65. The molecular formula is C25H31N9O. The predicted molar refractivity (Wildman–Crippen MR) is 137 cm³/mol. The second-order valence-electron chi connectivity index (χ2n) is 8.17. The van der Waals surface area contributed by atoms with E-state index in [4.69, 9.17) is 11.5 Å². The van der Waals surface area contributed by atoms with Gasteiger partial charge in [-0.05, 0) is 56.5 Å². The summed E-state index contributed by atoms with van der Waals surface area (Å²) in [5, 5.41) is 24.8. The summed E-state index contributed by atoms with van der Waals surface area (Å²) in [5.41, 5.74) is 16.3. The molecule has 1 aromatic carbocycles. The second kappa shape index (κ2) is 11.3. The first-order valence-corrected chi connectivity index (χ1v) is 11.5. The summed E-state index contributed by atoms with van der Waals surface area (Å²) >= 11 is 0. The molecule has 0 saturated heterocycles. The van der Waals surface area contributed by atoms with Crippen molar-refractivity contribution < 1.29 is 4.79 Å². The lowest BCUT2D eigenvalue weighted by atomic mass is 10.0. The lowest BCUT2D eigenvalue weighted by molar-refractivity contribution is 0.100. The van der Waals surface area contributed by atoms with Gasteiger partial charge in [0.05, 0.1) is 23.0 Å². The quantitative estimate of drug-likeness (QED) is 0.346. The SMILES string of the molecule is CCC(CC)=C(C)c1cnn(-c2cccc(Nc3nc(NC(C)CN)c(C#N)cc3C(N)=O)c2)n1. The van der Waals surface area contributed by atoms with Gasteiger partial charge in [0.2, 0.25) is 0 Å². The molecule has 0 spiro atoms. The van der Waals surface area contributed by atoms with Gasteiger partial charge in [-0.25, -0.2) is 4.98 Å². The largest absolute Gasteiger partial charge is 0.365 e. The maximum atomic E-state index is 12.1. The van der Waals surface area contributed by atoms with Crippen LogP contribution in [0.1, 0.15) is 62.2 Å². The summed E-state index contributed by atoms with van der Waals surface area (Å²) in [6, 6.07) is 10.7. The molecule has 10 heteroatoms. The number of nitrogens with zero attached hydrogens (tertiary/aromatic N) is 5. The zero-order chi connectivity index (χ0) is 25.5. The van der Waals surface area contributed by atoms with Gasteiger partial charge < -0.3 is 22.1 Å². The van der Waals surface area contributed by atoms with Gasteiger partial charge in [-0.1, -0.05) is 25.5 Å². The van der Waals surface area contributed by atoms with Gasteiger partial charge in [0.15, 0.2) is 0 Å². The van der Waals surface area contributed by atoms with Crippen molar-refractivity contribution in [3.63, 3.8) is 0 Å². The molecule has 0 aliphatic carbocycles. The molecule has 10 nitrogen and oxygen atoms in total. The molecule has 3 rings (SSSR count). The molecular weight excluding hydrogens is 442 g/mol. The number of hydrogen-bond donors (Lipinski definition) is 4. The monoisotopic (exact) mass is 473 g/mol. The van der Waals surface area contributed by atoms with Crippen LogP contribution >= 0.6 is 0 Å². The maximum absolute atomic E-state index is 12.1. The molecule has 1 atom stereocenters. The smallest absolute Gasteiger partial charge is 0.252 e. The number of nitriles is 1. The van der Waals surface area contributed by atoms with Crippen molar-refractivity contribution in [2.45, 2.75) is 46.6 Å². The minimum atomic E-state index is -0.700. The molecule has 3 aromatic rings. The predicted octanol–water partition coefficient (Wildman–Crippen LogP) is 3.73. The van der Waals surface area contributed by atoms with Crippen molar-refractivity contribution in [1.82, 2.24) is 20.0 Å². The Kier molecular flexibility index (Phi) is 8.17. The number of pyridine rings is 1. The summed E-state index contributed by atoms with van der Waals surface area (Å²) < 4.78 is 0. The fraction of sp³-hybridized carbons (Fsp3) is 0.320. The molecule has 1 amide bonds. The van der Waals surface area contributed by atoms with Crippen LogP contribution in [0, 0.1) is 11.3 Å². The number of carbonyl (C=O) groups excluding carboxylic acids is 1. The summed E-state index contributed by atoms with van der Waals surface area (Å²) in [6.07, 6.45) is 3.69. The lowest BCUT2D eigenvalue weighted by Crippen LogP contribution is -2.26. The van der Waals surface area contributed by atoms with Gasteiger partial charge in [0.1, 0.15) is 23.4 Å². The third-order valence-electron chi connectivity index (χ3n) is 5.74. The van der Waals surface area contributed by atoms with E-state index >= 15 is 0 Å². The van der Waals surface area contributed by atoms with Crippen LogP contribution in [-0.2, 0) is 0 Å². The van der Waals surface area contributed by atoms with Crippen molar-refractivity contribution in [2.75, 3.05) is 17.2 Å². The number of benzene rings is 1. The molecule has 6 N–H and O–H groups in total. The van der Waals surface area contributed by atoms with Crippen LogP contribution in [0.2, 0.25) is 0 Å². The number of primary amides is 1. The number of aromatic nitrogens is 4. The average molecular weight is 474 g/mol. The minimum absolute atomic E-state index is 0.102. The average Bonchev–Trinajstić information content (AvgIpc) is 3.35. The molecule has 35 heavy (non-hydrogen) atoms. The third-order valence-corrected chi connectivity index (χ3v) is 5.74. The maximum Gasteiger partial charge on any atom is 0.252 e. The Morgan fingerprint density at radius 1 is 1.23 bits per heavy atom. The van der Waals surface area contributed by atoms with Crippen molar-refractivity contribution >= 4 is 28.8 Å². The Morgan fingerprint density at radius 3 is 2.60 bits per heavy atom. The Labute approximate surface area is 205 Å². The zero-order valence-electron chi connectivity index (χ0n) is 20.5. The van der Waals surface area contributed by atoms with Crippen molar-refractivity contribution in [2.24, 2.45) is 11.5 Å². The van der Waals surface area contributed by atoms with Gasteiger partial charge in [-0.2, -0.15) is 15.2 Å². The molecule has 0 bridgehead atoms. The number of amides is 1. The highest BCUT2D eigenvalue weighted by atomic mass is 16.1. The molecule has 2 heterocycles. The van der Waals surface area contributed by atoms with Gasteiger partial charge in [0.25, 0.3) is 5.91 Å². The number of hydrogen-bond acceptors (Lipinski definition) is 8. The highest BCUT2D eigenvalue weighted by Crippen LogP contribution is 2.26. The van der Waals surface area contributed by atoms with Crippen LogP contribution < -0.4 is 22.1 Å². The van der Waals surface area contributed by atoms with Gasteiger partial charge in [-0.3, -0.25) is 4.79 Å². The third kappa shape index (κ3) is 5.83. The van der Waals surface area contributed by atoms with E-state index in [0.29, 0.717) is 18.1 Å². The van der Waals surface area contributed by atoms with Crippen molar-refractivity contribution in [3.8, 4) is 11.8 Å². The van der Waals surface area contributed by atoms with Crippen LogP contribution in [0.3, 0.4) is 0 Å². The Morgan fingerprint density at radius 2 is 1.97 bits per heavy atom. The fourth-order valence-corrected chi connectivity index (χ4v) is 3.65. The number of rotatable bonds is 10. The Balaban J connectivity index is 1.97. The number of allylic oxidation sites excluding steroid dienone is 2. The van der Waals surface area contributed by atoms with E-state index in [0.717, 1.165) is 29.8 Å². The molecule has 0 radical (unpaired) electrons. The zero-order valence-corrected chi connectivity index (χ0v) is 20.5. The Bertz CT molecular complexity index is 1280. The highest BCUT2D eigenvalue weighted by molar-refractivity contribution is 5.99. The molecule has 0 aliphatic heterocycles. The number of nitrogens with two attached hydrogens (primary N) is 2. The molecule has 0 aliphatic rings. The van der Waals surface area contributed by atoms with Crippen LogP contribution in [0.5, 0.6) is 0 Å². The second-order valence-corrected chi connectivity index (χ2v) is 8.17. The first-order chi connectivity index (χ1) is 16.8. The number of nitrogens with one attached hydrogen (secondary N) is 2. The van der Waals surface area contributed by atoms with Gasteiger partial charge in [-0.15, -0.1) is 5.10 Å². The van der Waals surface area contributed by atoms with Crippen LogP contribution in [0.15, 0.2) is 42.1 Å². The van der Waals surface area contributed by atoms with E-state index in [1.165, 1.54) is 11.6 Å². The minimum Gasteiger partial charge on any atom is -0.365 e. The van der Waals surface area contributed by atoms with E-state index in [-0.39, 0.29) is 23.0 Å². The van der Waals surface area contributed by atoms with E-state index in [1.807, 2.05) is 37.3 Å². The summed E-state index contributed by atoms with van der Waals surface area (Å²) in [4.78, 5) is 18.1. The van der Waals surface area contributed by atoms with E-state index in [1.54, 1.807) is 11.0 Å². The van der Waals surface area contributed by atoms with E-state index < -0.39 is 5.91 Å².